The van der Waals surface area contributed by atoms with Gasteiger partial charge in [0, 0.05) is 34.9 Å². The molecule has 2 saturated heterocycles. The predicted octanol–water partition coefficient (Wildman–Crippen LogP) is 5.46. The maximum atomic E-state index is 14.1. The van der Waals surface area contributed by atoms with E-state index in [0.717, 1.165) is 56.1 Å². The lowest BCUT2D eigenvalue weighted by Gasteiger charge is -2.32. The van der Waals surface area contributed by atoms with Gasteiger partial charge in [0.15, 0.2) is 5.65 Å². The van der Waals surface area contributed by atoms with Gasteiger partial charge >= 0.3 is 6.09 Å². The summed E-state index contributed by atoms with van der Waals surface area (Å²) in [5.41, 5.74) is 3.16. The standard InChI is InChI=1S/C29H30ClFN6O4/c30-20-5-4-19(23(31)12-20)17-41-27-3-1-2-24(35-27)18-6-9-36(10-7-18)16-26-34-25-13-21(33-29(38)39)14-32-28(25)37(26)15-22-8-11-40-22/h1-5,12-14,18,22,33H,6-11,15-17H2,(H,38,39). The first kappa shape index (κ1) is 27.4. The number of benzene rings is 1. The van der Waals surface area contributed by atoms with E-state index in [0.29, 0.717) is 40.8 Å². The molecule has 3 aromatic heterocycles. The minimum atomic E-state index is -1.14. The highest BCUT2D eigenvalue weighted by Crippen LogP contribution is 2.30. The monoisotopic (exact) mass is 580 g/mol. The maximum absolute atomic E-state index is 14.1. The van der Waals surface area contributed by atoms with Gasteiger partial charge in [-0.15, -0.1) is 0 Å². The summed E-state index contributed by atoms with van der Waals surface area (Å²) in [5.74, 6) is 1.24. The van der Waals surface area contributed by atoms with Crippen molar-refractivity contribution >= 4 is 34.5 Å². The van der Waals surface area contributed by atoms with E-state index in [1.807, 2.05) is 12.1 Å². The van der Waals surface area contributed by atoms with Crippen LogP contribution >= 0.6 is 11.6 Å². The zero-order chi connectivity index (χ0) is 28.3. The first-order chi connectivity index (χ1) is 19.9. The number of anilines is 1. The van der Waals surface area contributed by atoms with E-state index in [1.54, 1.807) is 24.3 Å². The van der Waals surface area contributed by atoms with Gasteiger partial charge in [0.1, 0.15) is 23.8 Å². The van der Waals surface area contributed by atoms with Gasteiger partial charge in [-0.25, -0.2) is 24.1 Å². The molecule has 2 aliphatic rings. The predicted molar refractivity (Wildman–Crippen MR) is 151 cm³/mol. The van der Waals surface area contributed by atoms with Crippen molar-refractivity contribution in [1.29, 1.82) is 0 Å². The highest BCUT2D eigenvalue weighted by Gasteiger charge is 2.26. The van der Waals surface area contributed by atoms with Crippen molar-refractivity contribution < 1.29 is 23.8 Å². The van der Waals surface area contributed by atoms with E-state index < -0.39 is 11.9 Å². The van der Waals surface area contributed by atoms with Gasteiger partial charge in [0.25, 0.3) is 0 Å². The molecular weight excluding hydrogens is 551 g/mol. The number of piperidine rings is 1. The van der Waals surface area contributed by atoms with E-state index in [9.17, 15) is 9.18 Å². The van der Waals surface area contributed by atoms with Crippen LogP contribution in [-0.4, -0.2) is 61.4 Å². The number of rotatable bonds is 9. The highest BCUT2D eigenvalue weighted by molar-refractivity contribution is 6.30. The molecule has 1 amide bonds. The van der Waals surface area contributed by atoms with Crippen LogP contribution in [0.15, 0.2) is 48.7 Å². The van der Waals surface area contributed by atoms with Crippen molar-refractivity contribution in [2.75, 3.05) is 25.0 Å². The number of ether oxygens (including phenoxy) is 2. The molecule has 4 aromatic rings. The minimum absolute atomic E-state index is 0.0769. The van der Waals surface area contributed by atoms with Crippen molar-refractivity contribution in [2.45, 2.75) is 51.0 Å². The zero-order valence-electron chi connectivity index (χ0n) is 22.3. The van der Waals surface area contributed by atoms with Crippen LogP contribution < -0.4 is 10.1 Å². The Morgan fingerprint density at radius 3 is 2.73 bits per heavy atom. The molecule has 1 aromatic carbocycles. The summed E-state index contributed by atoms with van der Waals surface area (Å²) in [7, 11) is 0. The first-order valence-electron chi connectivity index (χ1n) is 13.6. The number of carbonyl (C=O) groups is 1. The average Bonchev–Trinajstić information content (AvgIpc) is 3.26. The number of pyridine rings is 2. The summed E-state index contributed by atoms with van der Waals surface area (Å²) >= 11 is 5.84. The molecule has 2 N–H and O–H groups in total. The van der Waals surface area contributed by atoms with Crippen LogP contribution in [0.1, 0.15) is 42.3 Å². The molecule has 1 unspecified atom stereocenters. The molecule has 6 rings (SSSR count). The van der Waals surface area contributed by atoms with Crippen LogP contribution in [-0.2, 0) is 24.4 Å². The van der Waals surface area contributed by atoms with Crippen molar-refractivity contribution in [1.82, 2.24) is 24.4 Å². The maximum Gasteiger partial charge on any atom is 0.409 e. The summed E-state index contributed by atoms with van der Waals surface area (Å²) in [6.45, 7) is 3.90. The number of fused-ring (bicyclic) bond motifs is 1. The number of nitrogens with zero attached hydrogens (tertiary/aromatic N) is 5. The summed E-state index contributed by atoms with van der Waals surface area (Å²) in [5, 5.41) is 11.8. The van der Waals surface area contributed by atoms with Crippen LogP contribution in [0, 0.1) is 5.82 Å². The SMILES string of the molecule is O=C(O)Nc1cnc2c(c1)nc(CN1CCC(c3cccc(OCc4ccc(Cl)cc4F)n3)CC1)n2CC1CCO1. The molecule has 12 heteroatoms. The number of nitrogens with one attached hydrogen (secondary N) is 1. The fourth-order valence-corrected chi connectivity index (χ4v) is 5.47. The van der Waals surface area contributed by atoms with E-state index in [-0.39, 0.29) is 18.6 Å². The topological polar surface area (TPSA) is 115 Å². The second-order valence-electron chi connectivity index (χ2n) is 10.4. The smallest absolute Gasteiger partial charge is 0.409 e. The molecule has 41 heavy (non-hydrogen) atoms. The van der Waals surface area contributed by atoms with Gasteiger partial charge in [-0.1, -0.05) is 23.7 Å². The van der Waals surface area contributed by atoms with Crippen molar-refractivity contribution in [3.8, 4) is 5.88 Å². The summed E-state index contributed by atoms with van der Waals surface area (Å²) < 4.78 is 27.7. The molecule has 0 radical (unpaired) electrons. The normalized spacial score (nSPS) is 17.9. The first-order valence-corrected chi connectivity index (χ1v) is 14.0. The van der Waals surface area contributed by atoms with Gasteiger partial charge in [0.05, 0.1) is 31.1 Å². The van der Waals surface area contributed by atoms with E-state index in [4.69, 9.17) is 36.1 Å². The van der Waals surface area contributed by atoms with Crippen LogP contribution in [0.25, 0.3) is 11.2 Å². The van der Waals surface area contributed by atoms with Crippen LogP contribution in [0.4, 0.5) is 14.9 Å². The molecule has 10 nitrogen and oxygen atoms in total. The molecular formula is C29H30ClFN6O4. The van der Waals surface area contributed by atoms with Gasteiger partial charge in [0.2, 0.25) is 5.88 Å². The Morgan fingerprint density at radius 2 is 2.00 bits per heavy atom. The molecule has 0 saturated carbocycles. The average molecular weight is 581 g/mol. The van der Waals surface area contributed by atoms with Gasteiger partial charge in [-0.05, 0) is 56.6 Å². The highest BCUT2D eigenvalue weighted by atomic mass is 35.5. The lowest BCUT2D eigenvalue weighted by molar-refractivity contribution is -0.0593. The Kier molecular flexibility index (Phi) is 8.00. The third kappa shape index (κ3) is 6.42. The Hall–Kier alpha value is -3.80. The molecule has 1 atom stereocenters. The second kappa shape index (κ2) is 12.0. The summed E-state index contributed by atoms with van der Waals surface area (Å²) in [6, 6.07) is 12.0. The number of imidazole rings is 1. The Balaban J connectivity index is 1.10. The molecule has 0 bridgehead atoms. The lowest BCUT2D eigenvalue weighted by atomic mass is 9.93. The number of hydrogen-bond acceptors (Lipinski definition) is 7. The van der Waals surface area contributed by atoms with E-state index >= 15 is 0 Å². The molecule has 2 fully saturated rings. The summed E-state index contributed by atoms with van der Waals surface area (Å²) in [4.78, 5) is 27.5. The Bertz CT molecular complexity index is 1550. The molecule has 0 spiro atoms. The number of halogens is 2. The molecule has 0 aliphatic carbocycles. The van der Waals surface area contributed by atoms with Crippen LogP contribution in [0.2, 0.25) is 5.02 Å². The van der Waals surface area contributed by atoms with E-state index in [2.05, 4.69) is 19.8 Å². The molecule has 2 aliphatic heterocycles. The largest absolute Gasteiger partial charge is 0.473 e. The number of amides is 1. The third-order valence-electron chi connectivity index (χ3n) is 7.60. The number of aromatic nitrogens is 4. The fraction of sp³-hybridized carbons (Fsp3) is 0.379. The zero-order valence-corrected chi connectivity index (χ0v) is 23.1. The quantitative estimate of drug-likeness (QED) is 0.268. The van der Waals surface area contributed by atoms with Gasteiger partial charge in [-0.2, -0.15) is 0 Å². The minimum Gasteiger partial charge on any atom is -0.473 e. The number of carboxylic acid groups (broad SMARTS) is 1. The lowest BCUT2D eigenvalue weighted by Crippen LogP contribution is -2.35. The number of likely N-dealkylation sites (tertiary alicyclic amines) is 1. The van der Waals surface area contributed by atoms with Crippen LogP contribution in [0.3, 0.4) is 0 Å². The third-order valence-corrected chi connectivity index (χ3v) is 7.84. The fourth-order valence-electron chi connectivity index (χ4n) is 5.31. The molecule has 5 heterocycles. The Labute approximate surface area is 241 Å². The van der Waals surface area contributed by atoms with E-state index in [1.165, 1.54) is 12.3 Å². The van der Waals surface area contributed by atoms with Crippen molar-refractivity contribution in [3.05, 3.63) is 76.6 Å². The summed E-state index contributed by atoms with van der Waals surface area (Å²) in [6.07, 6.45) is 3.36. The van der Waals surface area contributed by atoms with Gasteiger partial charge < -0.3 is 19.1 Å². The molecule has 214 valence electrons. The van der Waals surface area contributed by atoms with Crippen molar-refractivity contribution in [2.24, 2.45) is 0 Å². The Morgan fingerprint density at radius 1 is 1.17 bits per heavy atom. The second-order valence-corrected chi connectivity index (χ2v) is 10.8. The van der Waals surface area contributed by atoms with Crippen LogP contribution in [0.5, 0.6) is 5.88 Å². The van der Waals surface area contributed by atoms with Crippen molar-refractivity contribution in [3.63, 3.8) is 0 Å². The van der Waals surface area contributed by atoms with Gasteiger partial charge in [-0.3, -0.25) is 10.2 Å². The number of hydrogen-bond donors (Lipinski definition) is 2.